The van der Waals surface area contributed by atoms with Crippen molar-refractivity contribution in [1.29, 1.82) is 0 Å². The lowest BCUT2D eigenvalue weighted by molar-refractivity contribution is -0.124. The van der Waals surface area contributed by atoms with Gasteiger partial charge in [0, 0.05) is 43.5 Å². The number of nitrogens with zero attached hydrogens (tertiary/aromatic N) is 3. The largest absolute Gasteiger partial charge is 0.350 e. The molecular weight excluding hydrogens is 348 g/mol. The summed E-state index contributed by atoms with van der Waals surface area (Å²) < 4.78 is 1.87. The summed E-state index contributed by atoms with van der Waals surface area (Å²) in [6, 6.07) is 3.76. The van der Waals surface area contributed by atoms with Crippen LogP contribution in [-0.2, 0) is 18.4 Å². The summed E-state index contributed by atoms with van der Waals surface area (Å²) in [5.74, 6) is 0.371. The van der Waals surface area contributed by atoms with Crippen LogP contribution in [0.15, 0.2) is 23.7 Å². The highest BCUT2D eigenvalue weighted by atomic mass is 32.1. The summed E-state index contributed by atoms with van der Waals surface area (Å²) in [7, 11) is 1.90. The molecular formula is C19H26N4O2S. The van der Waals surface area contributed by atoms with E-state index in [-0.39, 0.29) is 23.7 Å². The van der Waals surface area contributed by atoms with Crippen LogP contribution in [-0.4, -0.2) is 39.4 Å². The fourth-order valence-corrected chi connectivity index (χ4v) is 4.13. The van der Waals surface area contributed by atoms with Gasteiger partial charge in [-0.3, -0.25) is 9.59 Å². The van der Waals surface area contributed by atoms with Gasteiger partial charge in [0.05, 0.1) is 17.2 Å². The Labute approximate surface area is 158 Å². The fraction of sp³-hybridized carbons (Fsp3) is 0.526. The number of hydrogen-bond donors (Lipinski definition) is 1. The SMILES string of the molecule is CC(C)C(=O)NCc1csc([C@H]2CCCN(C(=O)c3cccn3C)C2)n1. The number of carbonyl (C=O) groups excluding carboxylic acids is 2. The maximum absolute atomic E-state index is 12.7. The van der Waals surface area contributed by atoms with Gasteiger partial charge in [-0.25, -0.2) is 4.98 Å². The van der Waals surface area contributed by atoms with Gasteiger partial charge < -0.3 is 14.8 Å². The minimum Gasteiger partial charge on any atom is -0.350 e. The van der Waals surface area contributed by atoms with Crippen molar-refractivity contribution >= 4 is 23.2 Å². The summed E-state index contributed by atoms with van der Waals surface area (Å²) in [5, 5.41) is 5.97. The number of aryl methyl sites for hydroxylation is 1. The van der Waals surface area contributed by atoms with E-state index >= 15 is 0 Å². The van der Waals surface area contributed by atoms with Crippen LogP contribution >= 0.6 is 11.3 Å². The van der Waals surface area contributed by atoms with Crippen LogP contribution in [0.2, 0.25) is 0 Å². The van der Waals surface area contributed by atoms with Crippen LogP contribution < -0.4 is 5.32 Å². The molecule has 1 saturated heterocycles. The first-order valence-corrected chi connectivity index (χ1v) is 9.96. The molecule has 0 aliphatic carbocycles. The van der Waals surface area contributed by atoms with Crippen molar-refractivity contribution in [2.45, 2.75) is 39.2 Å². The quantitative estimate of drug-likeness (QED) is 0.875. The first-order chi connectivity index (χ1) is 12.5. The second-order valence-corrected chi connectivity index (χ2v) is 8.03. The number of amides is 2. The molecule has 1 fully saturated rings. The molecule has 2 aromatic rings. The number of hydrogen-bond acceptors (Lipinski definition) is 4. The van der Waals surface area contributed by atoms with E-state index in [1.165, 1.54) is 0 Å². The fourth-order valence-electron chi connectivity index (χ4n) is 3.18. The molecule has 0 bridgehead atoms. The predicted octanol–water partition coefficient (Wildman–Crippen LogP) is 2.77. The third-order valence-corrected chi connectivity index (χ3v) is 5.81. The van der Waals surface area contributed by atoms with Crippen molar-refractivity contribution in [1.82, 2.24) is 19.8 Å². The number of nitrogens with one attached hydrogen (secondary N) is 1. The zero-order valence-electron chi connectivity index (χ0n) is 15.6. The van der Waals surface area contributed by atoms with Crippen molar-refractivity contribution in [3.63, 3.8) is 0 Å². The third-order valence-electron chi connectivity index (χ3n) is 4.76. The first-order valence-electron chi connectivity index (χ1n) is 9.08. The Morgan fingerprint density at radius 2 is 2.23 bits per heavy atom. The van der Waals surface area contributed by atoms with Gasteiger partial charge in [0.15, 0.2) is 0 Å². The van der Waals surface area contributed by atoms with Crippen molar-refractivity contribution in [3.05, 3.63) is 40.1 Å². The second-order valence-electron chi connectivity index (χ2n) is 7.14. The van der Waals surface area contributed by atoms with Gasteiger partial charge in [-0.05, 0) is 25.0 Å². The van der Waals surface area contributed by atoms with E-state index in [4.69, 9.17) is 4.98 Å². The minimum atomic E-state index is -0.0245. The molecule has 2 aromatic heterocycles. The number of rotatable bonds is 5. The number of piperidine rings is 1. The van der Waals surface area contributed by atoms with E-state index in [1.807, 2.05) is 54.1 Å². The molecule has 1 N–H and O–H groups in total. The molecule has 3 rings (SSSR count). The van der Waals surface area contributed by atoms with Crippen molar-refractivity contribution in [3.8, 4) is 0 Å². The van der Waals surface area contributed by atoms with Crippen LogP contribution in [0.5, 0.6) is 0 Å². The lowest BCUT2D eigenvalue weighted by Gasteiger charge is -2.32. The number of likely N-dealkylation sites (tertiary alicyclic amines) is 1. The molecule has 7 heteroatoms. The van der Waals surface area contributed by atoms with Gasteiger partial charge in [-0.15, -0.1) is 11.3 Å². The monoisotopic (exact) mass is 374 g/mol. The average Bonchev–Trinajstić information content (AvgIpc) is 3.28. The number of aromatic nitrogens is 2. The average molecular weight is 375 g/mol. The molecule has 26 heavy (non-hydrogen) atoms. The Balaban J connectivity index is 1.62. The zero-order valence-corrected chi connectivity index (χ0v) is 16.4. The van der Waals surface area contributed by atoms with Crippen molar-refractivity contribution in [2.75, 3.05) is 13.1 Å². The number of thiazole rings is 1. The summed E-state index contributed by atoms with van der Waals surface area (Å²) in [5.41, 5.74) is 1.62. The maximum atomic E-state index is 12.7. The summed E-state index contributed by atoms with van der Waals surface area (Å²) >= 11 is 1.62. The summed E-state index contributed by atoms with van der Waals surface area (Å²) in [6.45, 7) is 5.72. The Hall–Kier alpha value is -2.15. The number of carbonyl (C=O) groups is 2. The Kier molecular flexibility index (Phi) is 5.76. The van der Waals surface area contributed by atoms with E-state index in [0.717, 1.165) is 35.8 Å². The van der Waals surface area contributed by atoms with E-state index in [0.29, 0.717) is 13.1 Å². The van der Waals surface area contributed by atoms with Gasteiger partial charge in [-0.2, -0.15) is 0 Å². The van der Waals surface area contributed by atoms with Gasteiger partial charge in [0.25, 0.3) is 5.91 Å². The van der Waals surface area contributed by atoms with Crippen molar-refractivity contribution in [2.24, 2.45) is 13.0 Å². The van der Waals surface area contributed by atoms with Gasteiger partial charge in [0.2, 0.25) is 5.91 Å². The first kappa shape index (κ1) is 18.6. The molecule has 0 aromatic carbocycles. The normalized spacial score (nSPS) is 17.5. The molecule has 0 radical (unpaired) electrons. The molecule has 140 valence electrons. The minimum absolute atomic E-state index is 0.0245. The molecule has 0 spiro atoms. The smallest absolute Gasteiger partial charge is 0.270 e. The zero-order chi connectivity index (χ0) is 18.7. The molecule has 2 amide bonds. The van der Waals surface area contributed by atoms with E-state index in [1.54, 1.807) is 11.3 Å². The highest BCUT2D eigenvalue weighted by Gasteiger charge is 2.28. The van der Waals surface area contributed by atoms with Gasteiger partial charge in [-0.1, -0.05) is 13.8 Å². The summed E-state index contributed by atoms with van der Waals surface area (Å²) in [6.07, 6.45) is 3.93. The van der Waals surface area contributed by atoms with Crippen molar-refractivity contribution < 1.29 is 9.59 Å². The highest BCUT2D eigenvalue weighted by molar-refractivity contribution is 7.09. The van der Waals surface area contributed by atoms with Gasteiger partial charge >= 0.3 is 0 Å². The molecule has 1 atom stereocenters. The second kappa shape index (κ2) is 8.03. The third kappa shape index (κ3) is 4.15. The van der Waals surface area contributed by atoms with Crippen LogP contribution in [0, 0.1) is 5.92 Å². The lowest BCUT2D eigenvalue weighted by atomic mass is 9.98. The van der Waals surface area contributed by atoms with Gasteiger partial charge in [0.1, 0.15) is 5.69 Å². The lowest BCUT2D eigenvalue weighted by Crippen LogP contribution is -2.39. The molecule has 1 aliphatic heterocycles. The molecule has 0 saturated carbocycles. The van der Waals surface area contributed by atoms with E-state index in [9.17, 15) is 9.59 Å². The Morgan fingerprint density at radius 1 is 1.42 bits per heavy atom. The molecule has 1 aliphatic rings. The van der Waals surface area contributed by atoms with Crippen LogP contribution in [0.1, 0.15) is 53.8 Å². The highest BCUT2D eigenvalue weighted by Crippen LogP contribution is 2.30. The standard InChI is InChI=1S/C19H26N4O2S/c1-13(2)17(24)20-10-15-12-26-18(21-15)14-6-4-9-23(11-14)19(25)16-7-5-8-22(16)3/h5,7-8,12-14H,4,6,9-11H2,1-3H3,(H,20,24)/t14-/m0/s1. The molecule has 3 heterocycles. The summed E-state index contributed by atoms with van der Waals surface area (Å²) in [4.78, 5) is 31.1. The predicted molar refractivity (Wildman–Crippen MR) is 102 cm³/mol. The van der Waals surface area contributed by atoms with E-state index < -0.39 is 0 Å². The van der Waals surface area contributed by atoms with Crippen LogP contribution in [0.4, 0.5) is 0 Å². The maximum Gasteiger partial charge on any atom is 0.270 e. The van der Waals surface area contributed by atoms with Crippen LogP contribution in [0.3, 0.4) is 0 Å². The topological polar surface area (TPSA) is 67.2 Å². The van der Waals surface area contributed by atoms with Crippen LogP contribution in [0.25, 0.3) is 0 Å². The molecule has 6 nitrogen and oxygen atoms in total. The molecule has 0 unspecified atom stereocenters. The Bertz CT molecular complexity index is 780. The van der Waals surface area contributed by atoms with E-state index in [2.05, 4.69) is 5.32 Å². The Morgan fingerprint density at radius 3 is 2.92 bits per heavy atom.